The summed E-state index contributed by atoms with van der Waals surface area (Å²) in [5.74, 6) is -4.00. The van der Waals surface area contributed by atoms with Gasteiger partial charge in [0.15, 0.2) is 0 Å². The highest BCUT2D eigenvalue weighted by Gasteiger charge is 2.23. The molecular formula is C19H25N5O8. The molecule has 0 saturated heterocycles. The number of imide groups is 2. The van der Waals surface area contributed by atoms with E-state index in [2.05, 4.69) is 10.6 Å². The summed E-state index contributed by atoms with van der Waals surface area (Å²) in [6.45, 7) is -0.0360. The number of rotatable bonds is 14. The van der Waals surface area contributed by atoms with Crippen LogP contribution < -0.4 is 10.6 Å². The molecule has 0 aliphatic carbocycles. The SMILES string of the molecule is C/C=C\C(=O)N(C=O)CCNC(=O)CN(CC(=O)O)CC(=O)NCCN1C(=O)C=CC1=O. The number of hydrogen-bond donors (Lipinski definition) is 3. The summed E-state index contributed by atoms with van der Waals surface area (Å²) in [6.07, 6.45) is 5.21. The van der Waals surface area contributed by atoms with Gasteiger partial charge in [-0.3, -0.25) is 48.3 Å². The number of carboxylic acid groups (broad SMARTS) is 1. The van der Waals surface area contributed by atoms with Gasteiger partial charge in [0.2, 0.25) is 18.2 Å². The molecule has 1 heterocycles. The van der Waals surface area contributed by atoms with Crippen molar-refractivity contribution in [1.82, 2.24) is 25.3 Å². The lowest BCUT2D eigenvalue weighted by atomic mass is 10.4. The molecule has 3 N–H and O–H groups in total. The Bertz CT molecular complexity index is 805. The minimum atomic E-state index is -1.26. The molecule has 0 unspecified atom stereocenters. The van der Waals surface area contributed by atoms with Crippen LogP contribution in [0.3, 0.4) is 0 Å². The first-order valence-corrected chi connectivity index (χ1v) is 9.57. The molecule has 0 saturated carbocycles. The van der Waals surface area contributed by atoms with Crippen molar-refractivity contribution in [3.63, 3.8) is 0 Å². The maximum Gasteiger partial charge on any atom is 0.317 e. The van der Waals surface area contributed by atoms with E-state index >= 15 is 0 Å². The maximum atomic E-state index is 12.1. The second-order valence-corrected chi connectivity index (χ2v) is 6.54. The summed E-state index contributed by atoms with van der Waals surface area (Å²) in [4.78, 5) is 83.4. The number of aliphatic carboxylic acids is 1. The molecule has 0 spiro atoms. The van der Waals surface area contributed by atoms with Crippen LogP contribution in [0.15, 0.2) is 24.3 Å². The normalized spacial score (nSPS) is 13.0. The number of nitrogens with zero attached hydrogens (tertiary/aromatic N) is 3. The van der Waals surface area contributed by atoms with E-state index in [9.17, 15) is 33.6 Å². The molecule has 13 heteroatoms. The van der Waals surface area contributed by atoms with Crippen molar-refractivity contribution in [2.24, 2.45) is 0 Å². The lowest BCUT2D eigenvalue weighted by Crippen LogP contribution is -2.47. The van der Waals surface area contributed by atoms with Crippen LogP contribution in [0.1, 0.15) is 6.92 Å². The fourth-order valence-corrected chi connectivity index (χ4v) is 2.60. The lowest BCUT2D eigenvalue weighted by Gasteiger charge is -2.20. The topological polar surface area (TPSA) is 174 Å². The van der Waals surface area contributed by atoms with E-state index in [1.54, 1.807) is 6.92 Å². The molecule has 0 atom stereocenters. The highest BCUT2D eigenvalue weighted by atomic mass is 16.4. The van der Waals surface area contributed by atoms with E-state index < -0.39 is 55.1 Å². The Kier molecular flexibility index (Phi) is 11.0. The first-order valence-electron chi connectivity index (χ1n) is 9.57. The van der Waals surface area contributed by atoms with Gasteiger partial charge in [0.05, 0.1) is 19.6 Å². The van der Waals surface area contributed by atoms with E-state index in [1.807, 2.05) is 0 Å². The lowest BCUT2D eigenvalue weighted by molar-refractivity contribution is -0.140. The average molecular weight is 451 g/mol. The van der Waals surface area contributed by atoms with Gasteiger partial charge in [-0.1, -0.05) is 6.08 Å². The van der Waals surface area contributed by atoms with Crippen molar-refractivity contribution >= 4 is 41.9 Å². The zero-order chi connectivity index (χ0) is 24.1. The Morgan fingerprint density at radius 2 is 1.56 bits per heavy atom. The molecule has 0 fully saturated rings. The summed E-state index contributed by atoms with van der Waals surface area (Å²) in [5.41, 5.74) is 0. The largest absolute Gasteiger partial charge is 0.480 e. The highest BCUT2D eigenvalue weighted by molar-refractivity contribution is 6.12. The number of amides is 6. The van der Waals surface area contributed by atoms with Crippen LogP contribution in [0, 0.1) is 0 Å². The number of hydrogen-bond acceptors (Lipinski definition) is 8. The minimum absolute atomic E-state index is 0.0349. The number of carbonyl (C=O) groups excluding carboxylic acids is 6. The summed E-state index contributed by atoms with van der Waals surface area (Å²) in [7, 11) is 0. The molecule has 1 rings (SSSR count). The van der Waals surface area contributed by atoms with E-state index in [1.165, 1.54) is 12.2 Å². The third-order valence-corrected chi connectivity index (χ3v) is 4.05. The summed E-state index contributed by atoms with van der Waals surface area (Å²) in [5, 5.41) is 13.9. The zero-order valence-electron chi connectivity index (χ0n) is 17.5. The molecule has 0 radical (unpaired) electrons. The number of allylic oxidation sites excluding steroid dienone is 1. The van der Waals surface area contributed by atoms with Crippen LogP contribution in [0.25, 0.3) is 0 Å². The molecule has 0 bridgehead atoms. The van der Waals surface area contributed by atoms with Gasteiger partial charge >= 0.3 is 5.97 Å². The van der Waals surface area contributed by atoms with Gasteiger partial charge in [0.25, 0.3) is 17.7 Å². The molecule has 0 aromatic heterocycles. The van der Waals surface area contributed by atoms with Crippen LogP contribution in [-0.2, 0) is 33.6 Å². The van der Waals surface area contributed by atoms with Gasteiger partial charge < -0.3 is 15.7 Å². The van der Waals surface area contributed by atoms with Crippen molar-refractivity contribution in [2.45, 2.75) is 6.92 Å². The van der Waals surface area contributed by atoms with Crippen molar-refractivity contribution in [1.29, 1.82) is 0 Å². The second kappa shape index (κ2) is 13.4. The molecule has 32 heavy (non-hydrogen) atoms. The molecule has 174 valence electrons. The van der Waals surface area contributed by atoms with E-state index in [0.717, 1.165) is 26.9 Å². The highest BCUT2D eigenvalue weighted by Crippen LogP contribution is 2.01. The fraction of sp³-hybridized carbons (Fsp3) is 0.421. The minimum Gasteiger partial charge on any atom is -0.480 e. The Hall–Kier alpha value is -3.87. The van der Waals surface area contributed by atoms with Gasteiger partial charge in [-0.2, -0.15) is 0 Å². The Morgan fingerprint density at radius 1 is 1.00 bits per heavy atom. The van der Waals surface area contributed by atoms with Crippen LogP contribution in [-0.4, -0.2) is 108 Å². The maximum absolute atomic E-state index is 12.1. The van der Waals surface area contributed by atoms with Crippen molar-refractivity contribution in [3.8, 4) is 0 Å². The van der Waals surface area contributed by atoms with Gasteiger partial charge in [-0.15, -0.1) is 0 Å². The van der Waals surface area contributed by atoms with Gasteiger partial charge in [-0.25, -0.2) is 0 Å². The quantitative estimate of drug-likeness (QED) is 0.142. The molecule has 13 nitrogen and oxygen atoms in total. The monoisotopic (exact) mass is 451 g/mol. The predicted octanol–water partition coefficient (Wildman–Crippen LogP) is -2.91. The Labute approximate surface area is 183 Å². The van der Waals surface area contributed by atoms with Crippen LogP contribution in [0.2, 0.25) is 0 Å². The standard InChI is InChI=1S/C19H25N5O8/c1-2-3-16(28)23(13-25)8-6-20-14(26)10-22(12-19(31)32)11-15(27)21-7-9-24-17(29)4-5-18(24)30/h2-5,13H,6-12H2,1H3,(H,20,26)(H,21,27)(H,31,32)/b3-2-. The molecular weight excluding hydrogens is 426 g/mol. The fourth-order valence-electron chi connectivity index (χ4n) is 2.60. The second-order valence-electron chi connectivity index (χ2n) is 6.54. The summed E-state index contributed by atoms with van der Waals surface area (Å²) in [6, 6.07) is 0. The van der Waals surface area contributed by atoms with Crippen LogP contribution >= 0.6 is 0 Å². The predicted molar refractivity (Wildman–Crippen MR) is 109 cm³/mol. The van der Waals surface area contributed by atoms with E-state index in [4.69, 9.17) is 5.11 Å². The van der Waals surface area contributed by atoms with Crippen LogP contribution in [0.5, 0.6) is 0 Å². The summed E-state index contributed by atoms with van der Waals surface area (Å²) >= 11 is 0. The molecule has 1 aliphatic rings. The smallest absolute Gasteiger partial charge is 0.317 e. The van der Waals surface area contributed by atoms with Crippen molar-refractivity contribution in [3.05, 3.63) is 24.3 Å². The van der Waals surface area contributed by atoms with E-state index in [0.29, 0.717) is 6.41 Å². The van der Waals surface area contributed by atoms with Crippen molar-refractivity contribution < 1.29 is 38.7 Å². The van der Waals surface area contributed by atoms with E-state index in [-0.39, 0.29) is 26.2 Å². The molecule has 0 aromatic carbocycles. The first-order chi connectivity index (χ1) is 15.2. The third kappa shape index (κ3) is 9.30. The van der Waals surface area contributed by atoms with Crippen LogP contribution in [0.4, 0.5) is 0 Å². The first kappa shape index (κ1) is 26.2. The number of carboxylic acids is 1. The molecule has 6 amide bonds. The van der Waals surface area contributed by atoms with Crippen molar-refractivity contribution in [2.75, 3.05) is 45.8 Å². The van der Waals surface area contributed by atoms with Gasteiger partial charge in [-0.05, 0) is 13.0 Å². The van der Waals surface area contributed by atoms with Gasteiger partial charge in [0, 0.05) is 38.3 Å². The number of nitrogens with one attached hydrogen (secondary N) is 2. The Morgan fingerprint density at radius 3 is 2.06 bits per heavy atom. The average Bonchev–Trinajstić information content (AvgIpc) is 3.02. The number of carbonyl (C=O) groups is 7. The Balaban J connectivity index is 2.45. The van der Waals surface area contributed by atoms with Gasteiger partial charge in [0.1, 0.15) is 0 Å². The summed E-state index contributed by atoms with van der Waals surface area (Å²) < 4.78 is 0. The zero-order valence-corrected chi connectivity index (χ0v) is 17.5. The third-order valence-electron chi connectivity index (χ3n) is 4.05. The molecule has 1 aliphatic heterocycles. The molecule has 0 aromatic rings.